The fourth-order valence-electron chi connectivity index (χ4n) is 1.92. The molecular formula is C16H19NO4S. The second kappa shape index (κ2) is 6.52. The number of para-hydroxylation sites is 2. The monoisotopic (exact) mass is 321 g/mol. The van der Waals surface area contributed by atoms with Crippen LogP contribution < -0.4 is 0 Å². The number of fused-ring (bicyclic) bond motifs is 1. The molecule has 0 amide bonds. The lowest BCUT2D eigenvalue weighted by molar-refractivity contribution is -0.146. The minimum absolute atomic E-state index is 0.0197. The zero-order chi connectivity index (χ0) is 16.3. The third-order valence-corrected chi connectivity index (χ3v) is 4.85. The molecule has 0 N–H and O–H groups in total. The van der Waals surface area contributed by atoms with Crippen molar-refractivity contribution in [1.29, 1.82) is 0 Å². The van der Waals surface area contributed by atoms with Crippen LogP contribution in [0.3, 0.4) is 0 Å². The first kappa shape index (κ1) is 16.5. The summed E-state index contributed by atoms with van der Waals surface area (Å²) in [6, 6.07) is 7.29. The highest BCUT2D eigenvalue weighted by Gasteiger charge is 2.42. The number of nitrogens with zero attached hydrogens (tertiary/aromatic N) is 1. The van der Waals surface area contributed by atoms with Crippen LogP contribution in [0, 0.1) is 5.92 Å². The van der Waals surface area contributed by atoms with Crippen molar-refractivity contribution >= 4 is 33.9 Å². The van der Waals surface area contributed by atoms with Crippen LogP contribution in [0.4, 0.5) is 0 Å². The van der Waals surface area contributed by atoms with E-state index in [1.54, 1.807) is 13.0 Å². The van der Waals surface area contributed by atoms with E-state index in [-0.39, 0.29) is 22.7 Å². The Kier molecular flexibility index (Phi) is 4.90. The molecular weight excluding hydrogens is 302 g/mol. The van der Waals surface area contributed by atoms with Gasteiger partial charge in [0.1, 0.15) is 5.52 Å². The van der Waals surface area contributed by atoms with Crippen LogP contribution >= 0.6 is 11.8 Å². The zero-order valence-electron chi connectivity index (χ0n) is 13.1. The van der Waals surface area contributed by atoms with Crippen LogP contribution in [0.5, 0.6) is 0 Å². The van der Waals surface area contributed by atoms with Gasteiger partial charge < -0.3 is 9.15 Å². The molecule has 0 bridgehead atoms. The molecule has 0 radical (unpaired) electrons. The fourth-order valence-corrected chi connectivity index (χ4v) is 2.93. The summed E-state index contributed by atoms with van der Waals surface area (Å²) < 4.78 is 10.6. The maximum Gasteiger partial charge on any atom is 0.321 e. The van der Waals surface area contributed by atoms with E-state index in [0.717, 1.165) is 11.8 Å². The molecule has 2 rings (SSSR count). The van der Waals surface area contributed by atoms with Gasteiger partial charge in [0.15, 0.2) is 16.1 Å². The number of aromatic nitrogens is 1. The van der Waals surface area contributed by atoms with Crippen LogP contribution in [0.1, 0.15) is 26.7 Å². The van der Waals surface area contributed by atoms with E-state index in [1.165, 1.54) is 7.11 Å². The maximum atomic E-state index is 12.2. The van der Waals surface area contributed by atoms with E-state index in [2.05, 4.69) is 4.98 Å². The highest BCUT2D eigenvalue weighted by atomic mass is 32.2. The molecule has 0 aliphatic rings. The fraction of sp³-hybridized carbons (Fsp3) is 0.438. The Hall–Kier alpha value is -1.82. The quantitative estimate of drug-likeness (QED) is 0.788. The van der Waals surface area contributed by atoms with Gasteiger partial charge in [0.2, 0.25) is 5.89 Å². The van der Waals surface area contributed by atoms with Crippen molar-refractivity contribution in [3.05, 3.63) is 30.2 Å². The zero-order valence-corrected chi connectivity index (χ0v) is 13.9. The number of carbonyl (C=O) groups is 2. The van der Waals surface area contributed by atoms with E-state index >= 15 is 0 Å². The number of carbonyl (C=O) groups excluding carboxylic acids is 2. The molecule has 1 aromatic heterocycles. The van der Waals surface area contributed by atoms with E-state index in [4.69, 9.17) is 9.15 Å². The molecule has 1 aromatic carbocycles. The summed E-state index contributed by atoms with van der Waals surface area (Å²) in [6.07, 6.45) is 0. The van der Waals surface area contributed by atoms with Gasteiger partial charge >= 0.3 is 5.97 Å². The van der Waals surface area contributed by atoms with Gasteiger partial charge in [-0.1, -0.05) is 37.7 Å². The molecule has 1 atom stereocenters. The molecule has 0 spiro atoms. The number of ether oxygens (including phenoxy) is 1. The first-order valence-electron chi connectivity index (χ1n) is 6.99. The van der Waals surface area contributed by atoms with Crippen molar-refractivity contribution in [3.63, 3.8) is 0 Å². The highest BCUT2D eigenvalue weighted by molar-refractivity contribution is 8.13. The lowest BCUT2D eigenvalue weighted by Gasteiger charge is -2.22. The standard InChI is InChI=1S/C16H19NO4S/c1-10(2)13(18)22-9-16(3,15(19)20-4)14-17-11-7-5-6-8-12(11)21-14/h5-8,10H,9H2,1-4H3. The van der Waals surface area contributed by atoms with E-state index in [0.29, 0.717) is 11.1 Å². The number of hydrogen-bond acceptors (Lipinski definition) is 6. The summed E-state index contributed by atoms with van der Waals surface area (Å²) >= 11 is 1.10. The summed E-state index contributed by atoms with van der Waals surface area (Å²) in [4.78, 5) is 28.5. The molecule has 6 heteroatoms. The Morgan fingerprint density at radius 1 is 1.36 bits per heavy atom. The van der Waals surface area contributed by atoms with Crippen molar-refractivity contribution in [3.8, 4) is 0 Å². The molecule has 0 saturated carbocycles. The number of hydrogen-bond donors (Lipinski definition) is 0. The number of rotatable bonds is 5. The van der Waals surface area contributed by atoms with E-state index < -0.39 is 11.4 Å². The smallest absolute Gasteiger partial charge is 0.321 e. The molecule has 0 fully saturated rings. The summed E-state index contributed by atoms with van der Waals surface area (Å²) in [5, 5.41) is 0.0197. The second-order valence-electron chi connectivity index (χ2n) is 5.57. The lowest BCUT2D eigenvalue weighted by atomic mass is 9.93. The molecule has 5 nitrogen and oxygen atoms in total. The van der Waals surface area contributed by atoms with Crippen LogP contribution in [0.15, 0.2) is 28.7 Å². The van der Waals surface area contributed by atoms with Crippen molar-refractivity contribution in [2.75, 3.05) is 12.9 Å². The van der Waals surface area contributed by atoms with Crippen LogP contribution in [-0.4, -0.2) is 28.9 Å². The van der Waals surface area contributed by atoms with Crippen molar-refractivity contribution in [2.24, 2.45) is 5.92 Å². The Balaban J connectivity index is 2.36. The first-order valence-corrected chi connectivity index (χ1v) is 7.98. The summed E-state index contributed by atoms with van der Waals surface area (Å²) in [6.45, 7) is 5.33. The Bertz CT molecular complexity index is 661. The normalized spacial score (nSPS) is 14.0. The Morgan fingerprint density at radius 3 is 2.64 bits per heavy atom. The third kappa shape index (κ3) is 3.16. The van der Waals surface area contributed by atoms with Gasteiger partial charge in [0.05, 0.1) is 7.11 Å². The molecule has 0 aliphatic carbocycles. The average Bonchev–Trinajstić information content (AvgIpc) is 2.95. The molecule has 0 aliphatic heterocycles. The van der Waals surface area contributed by atoms with Gasteiger partial charge in [-0.05, 0) is 19.1 Å². The van der Waals surface area contributed by atoms with E-state index in [9.17, 15) is 9.59 Å². The predicted octanol–water partition coefficient (Wildman–Crippen LogP) is 3.17. The average molecular weight is 321 g/mol. The maximum absolute atomic E-state index is 12.2. The number of thioether (sulfide) groups is 1. The minimum Gasteiger partial charge on any atom is -0.468 e. The minimum atomic E-state index is -1.11. The Morgan fingerprint density at radius 2 is 2.05 bits per heavy atom. The number of oxazole rings is 1. The number of esters is 1. The summed E-state index contributed by atoms with van der Waals surface area (Å²) in [5.41, 5.74) is 0.170. The third-order valence-electron chi connectivity index (χ3n) is 3.38. The van der Waals surface area contributed by atoms with Crippen molar-refractivity contribution in [2.45, 2.75) is 26.2 Å². The SMILES string of the molecule is COC(=O)C(C)(CSC(=O)C(C)C)c1nc2ccccc2o1. The van der Waals surface area contributed by atoms with Gasteiger partial charge in [-0.15, -0.1) is 0 Å². The van der Waals surface area contributed by atoms with Crippen LogP contribution in [-0.2, 0) is 19.7 Å². The van der Waals surface area contributed by atoms with Crippen LogP contribution in [0.25, 0.3) is 11.1 Å². The lowest BCUT2D eigenvalue weighted by Crippen LogP contribution is -2.37. The van der Waals surface area contributed by atoms with Crippen LogP contribution in [0.2, 0.25) is 0 Å². The highest BCUT2D eigenvalue weighted by Crippen LogP contribution is 2.32. The topological polar surface area (TPSA) is 69.4 Å². The molecule has 22 heavy (non-hydrogen) atoms. The van der Waals surface area contributed by atoms with Crippen molar-refractivity contribution in [1.82, 2.24) is 4.98 Å². The molecule has 0 saturated heterocycles. The number of methoxy groups -OCH3 is 1. The molecule has 1 unspecified atom stereocenters. The summed E-state index contributed by atoms with van der Waals surface area (Å²) in [7, 11) is 1.32. The predicted molar refractivity (Wildman–Crippen MR) is 85.7 cm³/mol. The number of benzene rings is 1. The van der Waals surface area contributed by atoms with Gasteiger partial charge in [-0.25, -0.2) is 4.98 Å². The Labute approximate surface area is 133 Å². The van der Waals surface area contributed by atoms with Crippen molar-refractivity contribution < 1.29 is 18.7 Å². The second-order valence-corrected chi connectivity index (χ2v) is 6.55. The van der Waals surface area contributed by atoms with E-state index in [1.807, 2.05) is 32.0 Å². The van der Waals surface area contributed by atoms with Gasteiger partial charge in [0, 0.05) is 11.7 Å². The van der Waals surface area contributed by atoms with Gasteiger partial charge in [0.25, 0.3) is 0 Å². The largest absolute Gasteiger partial charge is 0.468 e. The molecule has 2 aromatic rings. The molecule has 118 valence electrons. The molecule has 1 heterocycles. The van der Waals surface area contributed by atoms with Gasteiger partial charge in [-0.3, -0.25) is 9.59 Å². The van der Waals surface area contributed by atoms with Gasteiger partial charge in [-0.2, -0.15) is 0 Å². The summed E-state index contributed by atoms with van der Waals surface area (Å²) in [5.74, 6) is -0.0768. The first-order chi connectivity index (χ1) is 10.4.